The molecule has 2 N–H and O–H groups in total. The maximum atomic E-state index is 11.0. The fourth-order valence-corrected chi connectivity index (χ4v) is 1.34. The monoisotopic (exact) mass is 209 g/mol. The van der Waals surface area contributed by atoms with Crippen LogP contribution in [0.2, 0.25) is 0 Å². The van der Waals surface area contributed by atoms with E-state index >= 15 is 0 Å². The molecule has 2 rings (SSSR count). The molecule has 0 aliphatic rings. The Balaban J connectivity index is 0.000000980. The zero-order chi connectivity index (χ0) is 9.42. The van der Waals surface area contributed by atoms with Crippen LogP contribution in [0.25, 0.3) is 11.0 Å². The molecule has 2 aromatic rings. The van der Waals surface area contributed by atoms with Crippen molar-refractivity contribution in [2.75, 3.05) is 5.73 Å². The van der Waals surface area contributed by atoms with Gasteiger partial charge < -0.3 is 10.2 Å². The zero-order valence-electron chi connectivity index (χ0n) is 7.91. The summed E-state index contributed by atoms with van der Waals surface area (Å²) in [6.07, 6.45) is 0. The van der Waals surface area contributed by atoms with Gasteiger partial charge in [0.1, 0.15) is 5.58 Å². The summed E-state index contributed by atoms with van der Waals surface area (Å²) in [5.74, 6) is 0. The van der Waals surface area contributed by atoms with E-state index in [0.717, 1.165) is 10.9 Å². The molecular weight excluding hydrogens is 197 g/mol. The van der Waals surface area contributed by atoms with Gasteiger partial charge in [0, 0.05) is 23.2 Å². The molecule has 0 aliphatic carbocycles. The van der Waals surface area contributed by atoms with Crippen molar-refractivity contribution in [2.24, 2.45) is 0 Å². The molecule has 14 heavy (non-hydrogen) atoms. The zero-order valence-corrected chi connectivity index (χ0v) is 9.32. The van der Waals surface area contributed by atoms with Crippen molar-refractivity contribution >= 4 is 26.6 Å². The number of hydrogen-bond donors (Lipinski definition) is 1. The van der Waals surface area contributed by atoms with E-state index < -0.39 is 0 Å². The predicted octanol–water partition coefficient (Wildman–Crippen LogP) is 1.74. The molecule has 1 aromatic heterocycles. The Kier molecular flexibility index (Phi) is 2.92. The minimum Gasteiger partial charge on any atom is -0.423 e. The van der Waals surface area contributed by atoms with Gasteiger partial charge in [-0.2, -0.15) is 9.90 Å². The number of hydrogen-bond acceptors (Lipinski definition) is 3. The van der Waals surface area contributed by atoms with E-state index in [4.69, 9.17) is 10.2 Å². The minimum absolute atomic E-state index is 0. The van der Waals surface area contributed by atoms with Crippen LogP contribution >= 0.6 is 9.90 Å². The van der Waals surface area contributed by atoms with E-state index in [0.29, 0.717) is 11.3 Å². The van der Waals surface area contributed by atoms with E-state index in [2.05, 4.69) is 0 Å². The van der Waals surface area contributed by atoms with Crippen molar-refractivity contribution in [3.63, 3.8) is 0 Å². The molecule has 0 saturated heterocycles. The SMILES string of the molecule is Cc1cc(=O)oc2cc(N)ccc12.P. The predicted molar refractivity (Wildman–Crippen MR) is 62.7 cm³/mol. The van der Waals surface area contributed by atoms with Gasteiger partial charge in [0.05, 0.1) is 0 Å². The second kappa shape index (κ2) is 3.81. The average molecular weight is 209 g/mol. The van der Waals surface area contributed by atoms with Gasteiger partial charge in [-0.1, -0.05) is 0 Å². The van der Waals surface area contributed by atoms with Crippen LogP contribution in [-0.2, 0) is 0 Å². The van der Waals surface area contributed by atoms with Crippen LogP contribution < -0.4 is 11.4 Å². The first-order valence-electron chi connectivity index (χ1n) is 3.97. The van der Waals surface area contributed by atoms with E-state index in [1.54, 1.807) is 12.1 Å². The topological polar surface area (TPSA) is 56.2 Å². The summed E-state index contributed by atoms with van der Waals surface area (Å²) in [6.45, 7) is 1.87. The third kappa shape index (κ3) is 1.78. The van der Waals surface area contributed by atoms with Crippen LogP contribution in [0, 0.1) is 6.92 Å². The van der Waals surface area contributed by atoms with Crippen LogP contribution in [0.3, 0.4) is 0 Å². The highest BCUT2D eigenvalue weighted by molar-refractivity contribution is 6.92. The van der Waals surface area contributed by atoms with E-state index in [9.17, 15) is 4.79 Å². The number of benzene rings is 1. The Labute approximate surface area is 84.5 Å². The van der Waals surface area contributed by atoms with Gasteiger partial charge in [0.2, 0.25) is 0 Å². The number of aryl methyl sites for hydroxylation is 1. The molecule has 0 radical (unpaired) electrons. The van der Waals surface area contributed by atoms with Crippen molar-refractivity contribution in [1.29, 1.82) is 0 Å². The molecule has 74 valence electrons. The third-order valence-corrected chi connectivity index (χ3v) is 1.98. The molecule has 0 amide bonds. The Bertz CT molecular complexity index is 519. The van der Waals surface area contributed by atoms with Gasteiger partial charge in [-0.25, -0.2) is 4.79 Å². The molecule has 4 heteroatoms. The lowest BCUT2D eigenvalue weighted by Crippen LogP contribution is -1.98. The summed E-state index contributed by atoms with van der Waals surface area (Å²) < 4.78 is 4.99. The van der Waals surface area contributed by atoms with E-state index in [1.165, 1.54) is 6.07 Å². The van der Waals surface area contributed by atoms with Crippen LogP contribution in [0.5, 0.6) is 0 Å². The van der Waals surface area contributed by atoms with Gasteiger partial charge in [-0.05, 0) is 24.6 Å². The Hall–Kier alpha value is -1.34. The van der Waals surface area contributed by atoms with Gasteiger partial charge >= 0.3 is 5.63 Å². The van der Waals surface area contributed by atoms with Crippen LogP contribution in [0.4, 0.5) is 5.69 Å². The fourth-order valence-electron chi connectivity index (χ4n) is 1.34. The standard InChI is InChI=1S/C10H9NO2.H3P/c1-6-4-10(12)13-9-5-7(11)2-3-8(6)9;/h2-5H,11H2,1H3;1H3. The van der Waals surface area contributed by atoms with Crippen LogP contribution in [-0.4, -0.2) is 0 Å². The second-order valence-corrected chi connectivity index (χ2v) is 3.00. The molecular formula is C10H12NO2P. The van der Waals surface area contributed by atoms with Gasteiger partial charge in [0.25, 0.3) is 0 Å². The van der Waals surface area contributed by atoms with Crippen molar-refractivity contribution in [3.05, 3.63) is 40.2 Å². The number of nitrogen functional groups attached to an aromatic ring is 1. The average Bonchev–Trinajstić information content (AvgIpc) is 2.02. The van der Waals surface area contributed by atoms with E-state index in [1.807, 2.05) is 13.0 Å². The Morgan fingerprint density at radius 2 is 2.00 bits per heavy atom. The van der Waals surface area contributed by atoms with Crippen molar-refractivity contribution < 1.29 is 4.42 Å². The molecule has 0 bridgehead atoms. The maximum Gasteiger partial charge on any atom is 0.336 e. The number of nitrogens with two attached hydrogens (primary N) is 1. The highest BCUT2D eigenvalue weighted by Crippen LogP contribution is 2.18. The van der Waals surface area contributed by atoms with Crippen molar-refractivity contribution in [3.8, 4) is 0 Å². The molecule has 0 fully saturated rings. The van der Waals surface area contributed by atoms with Gasteiger partial charge in [-0.3, -0.25) is 0 Å². The molecule has 1 unspecified atom stereocenters. The number of fused-ring (bicyclic) bond motifs is 1. The molecule has 1 aromatic carbocycles. The van der Waals surface area contributed by atoms with E-state index in [-0.39, 0.29) is 15.5 Å². The fraction of sp³-hybridized carbons (Fsp3) is 0.100. The summed E-state index contributed by atoms with van der Waals surface area (Å²) in [4.78, 5) is 11.0. The Morgan fingerprint density at radius 1 is 1.29 bits per heavy atom. The lowest BCUT2D eigenvalue weighted by atomic mass is 10.1. The first kappa shape index (κ1) is 10.7. The summed E-state index contributed by atoms with van der Waals surface area (Å²) in [5, 5.41) is 0.925. The summed E-state index contributed by atoms with van der Waals surface area (Å²) in [5.41, 5.74) is 7.28. The lowest BCUT2D eigenvalue weighted by molar-refractivity contribution is 0.560. The smallest absolute Gasteiger partial charge is 0.336 e. The second-order valence-electron chi connectivity index (χ2n) is 3.00. The summed E-state index contributed by atoms with van der Waals surface area (Å²) >= 11 is 0. The summed E-state index contributed by atoms with van der Waals surface area (Å²) in [6, 6.07) is 6.76. The molecule has 0 spiro atoms. The number of rotatable bonds is 0. The maximum absolute atomic E-state index is 11.0. The van der Waals surface area contributed by atoms with Crippen LogP contribution in [0.15, 0.2) is 33.5 Å². The number of anilines is 1. The summed E-state index contributed by atoms with van der Waals surface area (Å²) in [7, 11) is 0. The molecule has 1 atom stereocenters. The van der Waals surface area contributed by atoms with Crippen molar-refractivity contribution in [1.82, 2.24) is 0 Å². The largest absolute Gasteiger partial charge is 0.423 e. The lowest BCUT2D eigenvalue weighted by Gasteiger charge is -2.00. The highest BCUT2D eigenvalue weighted by atomic mass is 31.0. The molecule has 3 nitrogen and oxygen atoms in total. The molecule has 1 heterocycles. The molecule has 0 aliphatic heterocycles. The quantitative estimate of drug-likeness (QED) is 0.408. The first-order valence-corrected chi connectivity index (χ1v) is 3.97. The normalized spacial score (nSPS) is 9.79. The third-order valence-electron chi connectivity index (χ3n) is 1.98. The molecule has 0 saturated carbocycles. The van der Waals surface area contributed by atoms with Crippen LogP contribution in [0.1, 0.15) is 5.56 Å². The Morgan fingerprint density at radius 3 is 2.71 bits per heavy atom. The van der Waals surface area contributed by atoms with Crippen molar-refractivity contribution in [2.45, 2.75) is 6.92 Å². The minimum atomic E-state index is -0.337. The highest BCUT2D eigenvalue weighted by Gasteiger charge is 2.00. The van der Waals surface area contributed by atoms with Gasteiger partial charge in [0.15, 0.2) is 0 Å². The first-order chi connectivity index (χ1) is 6.16. The van der Waals surface area contributed by atoms with Gasteiger partial charge in [-0.15, -0.1) is 0 Å².